The molecular weight excluding hydrogens is 328 g/mol. The Bertz CT molecular complexity index is 882. The Morgan fingerprint density at radius 1 is 1.14 bits per heavy atom. The molecule has 0 unspecified atom stereocenters. The first kappa shape index (κ1) is 13.8. The minimum Gasteiger partial charge on any atom is -0.267 e. The third-order valence-corrected chi connectivity index (χ3v) is 3.75. The Hall–Kier alpha value is -2.20. The Balaban J connectivity index is 2.20. The third kappa shape index (κ3) is 2.81. The van der Waals surface area contributed by atoms with Gasteiger partial charge in [0, 0.05) is 16.9 Å². The molecule has 0 saturated carbocycles. The molecule has 0 aliphatic carbocycles. The van der Waals surface area contributed by atoms with Crippen molar-refractivity contribution in [2.45, 2.75) is 0 Å². The van der Waals surface area contributed by atoms with E-state index in [9.17, 15) is 4.79 Å². The first-order valence-corrected chi connectivity index (χ1v) is 7.33. The van der Waals surface area contributed by atoms with Crippen LogP contribution in [0.5, 0.6) is 0 Å². The van der Waals surface area contributed by atoms with Gasteiger partial charge in [0.25, 0.3) is 5.56 Å². The van der Waals surface area contributed by atoms with Gasteiger partial charge in [0.2, 0.25) is 0 Å². The van der Waals surface area contributed by atoms with Crippen molar-refractivity contribution in [3.8, 4) is 0 Å². The zero-order chi connectivity index (χ0) is 14.8. The Labute approximate surface area is 130 Å². The van der Waals surface area contributed by atoms with Gasteiger partial charge < -0.3 is 0 Å². The molecule has 0 N–H and O–H groups in total. The Morgan fingerprint density at radius 2 is 1.90 bits per heavy atom. The molecule has 1 heterocycles. The Kier molecular flexibility index (Phi) is 3.71. The normalized spacial score (nSPS) is 11.3. The maximum absolute atomic E-state index is 12.3. The predicted octanol–water partition coefficient (Wildman–Crippen LogP) is 3.87. The summed E-state index contributed by atoms with van der Waals surface area (Å²) in [6.45, 7) is 0. The summed E-state index contributed by atoms with van der Waals surface area (Å²) in [6, 6.07) is 13.9. The van der Waals surface area contributed by atoms with Crippen molar-refractivity contribution in [1.29, 1.82) is 0 Å². The summed E-state index contributed by atoms with van der Waals surface area (Å²) in [5, 5.41) is 5.58. The lowest BCUT2D eigenvalue weighted by molar-refractivity contribution is 0.718. The average Bonchev–Trinajstić information content (AvgIpc) is 2.49. The average molecular weight is 341 g/mol. The van der Waals surface area contributed by atoms with Crippen molar-refractivity contribution < 1.29 is 0 Å². The topological polar surface area (TPSA) is 34.9 Å². The molecule has 0 atom stereocenters. The molecule has 0 amide bonds. The van der Waals surface area contributed by atoms with Crippen LogP contribution in [0.4, 0.5) is 0 Å². The number of fused-ring (bicyclic) bond motifs is 1. The van der Waals surface area contributed by atoms with Gasteiger partial charge in [-0.25, -0.2) is 4.68 Å². The van der Waals surface area contributed by atoms with Crippen molar-refractivity contribution in [2.75, 3.05) is 0 Å². The van der Waals surface area contributed by atoms with Gasteiger partial charge in [0.05, 0.1) is 11.6 Å². The SMILES string of the molecule is Cn1ncc2cc(Br)cc(/C=C/c3ccccc3)c2c1=O. The predicted molar refractivity (Wildman–Crippen MR) is 90.1 cm³/mol. The highest BCUT2D eigenvalue weighted by molar-refractivity contribution is 9.10. The third-order valence-electron chi connectivity index (χ3n) is 3.30. The van der Waals surface area contributed by atoms with E-state index in [1.165, 1.54) is 4.68 Å². The molecule has 0 bridgehead atoms. The number of aromatic nitrogens is 2. The minimum absolute atomic E-state index is 0.0901. The lowest BCUT2D eigenvalue weighted by Gasteiger charge is -2.05. The van der Waals surface area contributed by atoms with Crippen molar-refractivity contribution in [1.82, 2.24) is 9.78 Å². The van der Waals surface area contributed by atoms with Crippen molar-refractivity contribution in [3.63, 3.8) is 0 Å². The number of hydrogen-bond acceptors (Lipinski definition) is 2. The van der Waals surface area contributed by atoms with Gasteiger partial charge in [0.15, 0.2) is 0 Å². The molecule has 0 radical (unpaired) electrons. The first-order valence-electron chi connectivity index (χ1n) is 6.54. The van der Waals surface area contributed by atoms with Crippen LogP contribution in [0.15, 0.2) is 57.9 Å². The van der Waals surface area contributed by atoms with E-state index in [1.807, 2.05) is 54.6 Å². The van der Waals surface area contributed by atoms with Crippen LogP contribution in [0, 0.1) is 0 Å². The van der Waals surface area contributed by atoms with E-state index >= 15 is 0 Å². The second kappa shape index (κ2) is 5.66. The molecule has 0 spiro atoms. The van der Waals surface area contributed by atoms with Crippen LogP contribution in [-0.2, 0) is 7.05 Å². The lowest BCUT2D eigenvalue weighted by Crippen LogP contribution is -2.19. The molecule has 3 rings (SSSR count). The number of hydrogen-bond donors (Lipinski definition) is 0. The van der Waals surface area contributed by atoms with Crippen LogP contribution in [-0.4, -0.2) is 9.78 Å². The standard InChI is InChI=1S/C17H13BrN2O/c1-20-17(21)16-13(8-7-12-5-3-2-4-6-12)9-15(18)10-14(16)11-19-20/h2-11H,1H3/b8-7+. The largest absolute Gasteiger partial charge is 0.274 e. The zero-order valence-electron chi connectivity index (χ0n) is 11.5. The first-order chi connectivity index (χ1) is 10.1. The number of rotatable bonds is 2. The summed E-state index contributed by atoms with van der Waals surface area (Å²) >= 11 is 3.48. The molecule has 104 valence electrons. The fourth-order valence-corrected chi connectivity index (χ4v) is 2.74. The number of aryl methyl sites for hydroxylation is 1. The highest BCUT2D eigenvalue weighted by Crippen LogP contribution is 2.23. The van der Waals surface area contributed by atoms with Crippen molar-refractivity contribution in [3.05, 3.63) is 74.6 Å². The van der Waals surface area contributed by atoms with Crippen LogP contribution in [0.25, 0.3) is 22.9 Å². The van der Waals surface area contributed by atoms with Crippen LogP contribution in [0.3, 0.4) is 0 Å². The van der Waals surface area contributed by atoms with Gasteiger partial charge in [-0.3, -0.25) is 4.79 Å². The lowest BCUT2D eigenvalue weighted by atomic mass is 10.1. The molecule has 3 nitrogen and oxygen atoms in total. The fourth-order valence-electron chi connectivity index (χ4n) is 2.24. The van der Waals surface area contributed by atoms with Gasteiger partial charge >= 0.3 is 0 Å². The van der Waals surface area contributed by atoms with E-state index in [0.29, 0.717) is 5.39 Å². The maximum atomic E-state index is 12.3. The summed E-state index contributed by atoms with van der Waals surface area (Å²) in [6.07, 6.45) is 5.67. The molecule has 4 heteroatoms. The van der Waals surface area contributed by atoms with Crippen molar-refractivity contribution in [2.24, 2.45) is 7.05 Å². The molecular formula is C17H13BrN2O. The van der Waals surface area contributed by atoms with Gasteiger partial charge in [-0.05, 0) is 23.3 Å². The van der Waals surface area contributed by atoms with E-state index in [2.05, 4.69) is 21.0 Å². The van der Waals surface area contributed by atoms with E-state index in [1.54, 1.807) is 13.2 Å². The van der Waals surface area contributed by atoms with Gasteiger partial charge in [-0.2, -0.15) is 5.10 Å². The molecule has 3 aromatic rings. The van der Waals surface area contributed by atoms with E-state index < -0.39 is 0 Å². The molecule has 0 saturated heterocycles. The number of benzene rings is 2. The van der Waals surface area contributed by atoms with Gasteiger partial charge in [-0.1, -0.05) is 58.4 Å². The molecule has 21 heavy (non-hydrogen) atoms. The molecule has 0 aliphatic heterocycles. The highest BCUT2D eigenvalue weighted by Gasteiger charge is 2.07. The fraction of sp³-hybridized carbons (Fsp3) is 0.0588. The molecule has 0 aliphatic rings. The van der Waals surface area contributed by atoms with E-state index in [4.69, 9.17) is 0 Å². The summed E-state index contributed by atoms with van der Waals surface area (Å²) < 4.78 is 2.29. The monoisotopic (exact) mass is 340 g/mol. The van der Waals surface area contributed by atoms with Crippen LogP contribution >= 0.6 is 15.9 Å². The minimum atomic E-state index is -0.0901. The van der Waals surface area contributed by atoms with Crippen molar-refractivity contribution >= 4 is 38.9 Å². The van der Waals surface area contributed by atoms with E-state index in [0.717, 1.165) is 21.0 Å². The Morgan fingerprint density at radius 3 is 2.67 bits per heavy atom. The van der Waals surface area contributed by atoms with E-state index in [-0.39, 0.29) is 5.56 Å². The number of nitrogens with zero attached hydrogens (tertiary/aromatic N) is 2. The van der Waals surface area contributed by atoms with Gasteiger partial charge in [0.1, 0.15) is 0 Å². The van der Waals surface area contributed by atoms with Crippen LogP contribution < -0.4 is 5.56 Å². The summed E-state index contributed by atoms with van der Waals surface area (Å²) in [5.74, 6) is 0. The molecule has 2 aromatic carbocycles. The molecule has 0 fully saturated rings. The van der Waals surface area contributed by atoms with Gasteiger partial charge in [-0.15, -0.1) is 0 Å². The smallest absolute Gasteiger partial charge is 0.267 e. The zero-order valence-corrected chi connectivity index (χ0v) is 13.0. The second-order valence-electron chi connectivity index (χ2n) is 4.78. The quantitative estimate of drug-likeness (QED) is 0.664. The maximum Gasteiger partial charge on any atom is 0.274 e. The molecule has 1 aromatic heterocycles. The van der Waals surface area contributed by atoms with Crippen LogP contribution in [0.2, 0.25) is 0 Å². The summed E-state index contributed by atoms with van der Waals surface area (Å²) in [4.78, 5) is 12.3. The summed E-state index contributed by atoms with van der Waals surface area (Å²) in [7, 11) is 1.66. The second-order valence-corrected chi connectivity index (χ2v) is 5.69. The summed E-state index contributed by atoms with van der Waals surface area (Å²) in [5.41, 5.74) is 1.88. The number of halogens is 1. The van der Waals surface area contributed by atoms with Crippen LogP contribution in [0.1, 0.15) is 11.1 Å². The highest BCUT2D eigenvalue weighted by atomic mass is 79.9.